The maximum Gasteiger partial charge on any atom is 0.248 e. The first-order valence-electron chi connectivity index (χ1n) is 39.0. The maximum absolute atomic E-state index is 15.6. The number of nitrogens with one attached hydrogen (secondary N) is 6. The number of hydrogen-bond acceptors (Lipinski definition) is 15. The summed E-state index contributed by atoms with van der Waals surface area (Å²) in [6.45, 7) is 23.2. The Kier molecular flexibility index (Phi) is 36.6. The van der Waals surface area contributed by atoms with E-state index >= 15 is 38.4 Å². The number of methoxy groups -OCH3 is 1. The lowest BCUT2D eigenvalue weighted by Crippen LogP contribution is -2.62. The van der Waals surface area contributed by atoms with Crippen LogP contribution in [0.5, 0.6) is 0 Å². The fraction of sp³-hybridized carbons (Fsp3) is 0.831. The van der Waals surface area contributed by atoms with Crippen molar-refractivity contribution < 1.29 is 72.2 Å². The van der Waals surface area contributed by atoms with Crippen molar-refractivity contribution in [3.63, 3.8) is 0 Å². The molecule has 0 aromatic carbocycles. The average Bonchev–Trinajstić information content (AvgIpc) is 0.857. The maximum atomic E-state index is 15.6. The van der Waals surface area contributed by atoms with E-state index in [9.17, 15) is 29.1 Å². The van der Waals surface area contributed by atoms with Crippen LogP contribution in [0, 0.1) is 53.3 Å². The van der Waals surface area contributed by atoms with Crippen LogP contribution in [-0.4, -0.2) is 265 Å². The Hall–Kier alpha value is -6.97. The smallest absolute Gasteiger partial charge is 0.248 e. The number of piperidine rings is 1. The molecule has 2 aliphatic carbocycles. The van der Waals surface area contributed by atoms with Gasteiger partial charge in [0.1, 0.15) is 60.4 Å². The lowest BCUT2D eigenvalue weighted by molar-refractivity contribution is -0.151. The highest BCUT2D eigenvalue weighted by Crippen LogP contribution is 2.35. The monoisotopic (exact) mass is 1480 g/mol. The Morgan fingerprint density at radius 3 is 1.45 bits per heavy atom. The lowest BCUT2D eigenvalue weighted by Gasteiger charge is -2.39. The number of aliphatic hydroxyl groups excluding tert-OH is 1. The van der Waals surface area contributed by atoms with E-state index < -0.39 is 174 Å². The summed E-state index contributed by atoms with van der Waals surface area (Å²) in [5.41, 5.74) is 0. The molecule has 0 spiro atoms. The van der Waals surface area contributed by atoms with Gasteiger partial charge in [-0.3, -0.25) is 62.3 Å². The number of rotatable bonds is 19. The molecule has 28 heteroatoms. The third-order valence-corrected chi connectivity index (χ3v) is 21.9. The molecule has 7 N–H and O–H groups in total. The summed E-state index contributed by atoms with van der Waals surface area (Å²) in [6.07, 6.45) is 6.53. The van der Waals surface area contributed by atoms with Crippen LogP contribution in [0.4, 0.5) is 0 Å². The molecule has 2 aliphatic heterocycles. The molecule has 0 aromatic rings. The van der Waals surface area contributed by atoms with Crippen LogP contribution in [0.2, 0.25) is 0 Å². The third-order valence-electron chi connectivity index (χ3n) is 21.9. The van der Waals surface area contributed by atoms with Gasteiger partial charge in [0.05, 0.1) is 31.1 Å². The van der Waals surface area contributed by atoms with Gasteiger partial charge in [-0.15, -0.1) is 0 Å². The third kappa shape index (κ3) is 26.2. The van der Waals surface area contributed by atoms with E-state index in [0.29, 0.717) is 51.6 Å². The molecular weight excluding hydrogens is 1350 g/mol. The van der Waals surface area contributed by atoms with Crippen LogP contribution in [-0.2, 0) is 67.1 Å². The molecule has 28 nitrogen and oxygen atoms in total. The van der Waals surface area contributed by atoms with Gasteiger partial charge in [-0.1, -0.05) is 115 Å². The molecule has 0 aromatic heterocycles. The van der Waals surface area contributed by atoms with Gasteiger partial charge < -0.3 is 76.0 Å². The number of aliphatic hydroxyl groups is 1. The summed E-state index contributed by atoms with van der Waals surface area (Å²) in [5.74, 6) is -11.0. The normalized spacial score (nSPS) is 28.5. The summed E-state index contributed by atoms with van der Waals surface area (Å²) < 4.78 is 5.81. The SMILES string of the molecule is CNC(=O)C1CCC(CC[C@H]2C(=O)N[C@@H]([C@@H](C)O)C(=O)N(C)CC(=O)N(C)[C@@H](CC(C)C)C(=O)N[C@@H](CC(C)C)C(=O)N(C)[C@@H](CC3CCCCC3)C(=O)N(C)[C@@H](CC(C)C)C(=O)N[C@H](C(=O)N3CCCCC3)CC(=O)N[C@H](C(C)C)C(=O)N(C)[C@@H](CC(C)C)C(=O)N[C@@H](C(C)C)C(=O)N2C)CC1OC. The van der Waals surface area contributed by atoms with E-state index in [1.165, 1.54) is 80.8 Å². The van der Waals surface area contributed by atoms with Gasteiger partial charge in [-0.2, -0.15) is 0 Å². The first kappa shape index (κ1) is 90.4. The van der Waals surface area contributed by atoms with Crippen molar-refractivity contribution in [2.75, 3.05) is 76.1 Å². The molecule has 4 rings (SSSR count). The minimum absolute atomic E-state index is 0.00184. The van der Waals surface area contributed by atoms with Crippen LogP contribution >= 0.6 is 0 Å². The Bertz CT molecular complexity index is 2930. The van der Waals surface area contributed by atoms with Crippen molar-refractivity contribution in [3.8, 4) is 0 Å². The molecule has 2 saturated heterocycles. The van der Waals surface area contributed by atoms with Crippen molar-refractivity contribution in [1.82, 2.24) is 66.2 Å². The summed E-state index contributed by atoms with van der Waals surface area (Å²) in [4.78, 5) is 203. The van der Waals surface area contributed by atoms with Crippen LogP contribution < -0.4 is 31.9 Å². The highest BCUT2D eigenvalue weighted by atomic mass is 16.5. The topological polar surface area (TPSA) is 346 Å². The first-order valence-corrected chi connectivity index (χ1v) is 39.0. The van der Waals surface area contributed by atoms with E-state index in [0.717, 1.165) is 43.4 Å². The summed E-state index contributed by atoms with van der Waals surface area (Å²) in [5, 5.41) is 28.4. The average molecular weight is 1480 g/mol. The van der Waals surface area contributed by atoms with Gasteiger partial charge in [-0.25, -0.2) is 0 Å². The van der Waals surface area contributed by atoms with Gasteiger partial charge >= 0.3 is 0 Å². The predicted molar refractivity (Wildman–Crippen MR) is 400 cm³/mol. The molecule has 0 radical (unpaired) electrons. The highest BCUT2D eigenvalue weighted by Gasteiger charge is 2.45. The lowest BCUT2D eigenvalue weighted by atomic mass is 9.77. The van der Waals surface area contributed by atoms with Crippen LogP contribution in [0.25, 0.3) is 0 Å². The second kappa shape index (κ2) is 42.5. The first-order chi connectivity index (χ1) is 49.2. The largest absolute Gasteiger partial charge is 0.391 e. The van der Waals surface area contributed by atoms with Crippen LogP contribution in [0.1, 0.15) is 212 Å². The highest BCUT2D eigenvalue weighted by molar-refractivity contribution is 6.00. The minimum Gasteiger partial charge on any atom is -0.391 e. The number of likely N-dealkylation sites (N-methyl/N-ethyl adjacent to an activating group) is 6. The Morgan fingerprint density at radius 2 is 0.943 bits per heavy atom. The Morgan fingerprint density at radius 1 is 0.486 bits per heavy atom. The number of hydrogen-bond donors (Lipinski definition) is 7. The standard InChI is InChI=1S/C77H135N13O15/c1-44(2)36-54-72(99)89(20)60(40-51-28-24-22-25-29-51)74(101)87(18)58(38-46(5)6)70(97)80-55(73(100)90-34-26-23-27-35-90)42-62(92)81-64(48(9)10)76(103)88(19)59(39-47(7)8)71(98)82-65(49(11)12)77(104)86(17)56(33-31-52-30-32-53(67(94)78-14)61(41-52)105-21)68(95)83-66(50(13)91)75(102)84(15)43-63(93)85(16)57(37-45(3)4)69(96)79-54/h44-61,64-66,91H,22-43H2,1-21H3,(H,78,94)(H,79,96)(H,80,97)(H,81,92)(H,82,98)(H,83,95)/t50-,52?,53?,54+,55+,56+,57+,58+,59+,60+,61?,64-,65+,66+/m1/s1. The van der Waals surface area contributed by atoms with E-state index in [-0.39, 0.29) is 79.9 Å². The molecule has 14 atom stereocenters. The molecular formula is C77H135N13O15. The van der Waals surface area contributed by atoms with Crippen molar-refractivity contribution in [2.24, 2.45) is 53.3 Å². The van der Waals surface area contributed by atoms with Crippen LogP contribution in [0.15, 0.2) is 0 Å². The molecule has 13 amide bonds. The van der Waals surface area contributed by atoms with Crippen LogP contribution in [0.3, 0.4) is 0 Å². The van der Waals surface area contributed by atoms with Crippen molar-refractivity contribution >= 4 is 76.8 Å². The molecule has 2 saturated carbocycles. The summed E-state index contributed by atoms with van der Waals surface area (Å²) in [7, 11) is 11.6. The number of carbonyl (C=O) groups excluding carboxylic acids is 13. The van der Waals surface area contributed by atoms with Gasteiger partial charge in [0.15, 0.2) is 0 Å². The molecule has 598 valence electrons. The Balaban J connectivity index is 1.96. The zero-order valence-corrected chi connectivity index (χ0v) is 67.5. The fourth-order valence-electron chi connectivity index (χ4n) is 15.4. The molecule has 105 heavy (non-hydrogen) atoms. The minimum atomic E-state index is -1.69. The zero-order valence-electron chi connectivity index (χ0n) is 67.5. The second-order valence-corrected chi connectivity index (χ2v) is 33.0. The molecule has 4 fully saturated rings. The van der Waals surface area contributed by atoms with Gasteiger partial charge in [-0.05, 0) is 138 Å². The second-order valence-electron chi connectivity index (χ2n) is 33.0. The number of amides is 13. The number of carbonyl (C=O) groups is 13. The molecule has 3 unspecified atom stereocenters. The van der Waals surface area contributed by atoms with E-state index in [2.05, 4.69) is 31.9 Å². The van der Waals surface area contributed by atoms with E-state index in [4.69, 9.17) is 4.74 Å². The van der Waals surface area contributed by atoms with Crippen molar-refractivity contribution in [3.05, 3.63) is 0 Å². The molecule has 0 bridgehead atoms. The van der Waals surface area contributed by atoms with E-state index in [1.54, 1.807) is 39.6 Å². The number of nitrogens with zero attached hydrogens (tertiary/aromatic N) is 7. The Labute approximate surface area is 626 Å². The number of ether oxygens (including phenoxy) is 1. The van der Waals surface area contributed by atoms with Crippen molar-refractivity contribution in [1.29, 1.82) is 0 Å². The summed E-state index contributed by atoms with van der Waals surface area (Å²) in [6, 6.07) is -13.1. The van der Waals surface area contributed by atoms with Gasteiger partial charge in [0.25, 0.3) is 0 Å². The molecule has 2 heterocycles. The zero-order chi connectivity index (χ0) is 79.2. The predicted octanol–water partition coefficient (Wildman–Crippen LogP) is 4.23. The molecule has 4 aliphatic rings. The fourth-order valence-corrected chi connectivity index (χ4v) is 15.4. The van der Waals surface area contributed by atoms with Gasteiger partial charge in [0.2, 0.25) is 76.8 Å². The van der Waals surface area contributed by atoms with Crippen molar-refractivity contribution in [2.45, 2.75) is 285 Å². The quantitative estimate of drug-likeness (QED) is 0.0952. The van der Waals surface area contributed by atoms with E-state index in [1.807, 2.05) is 55.4 Å². The number of likely N-dealkylation sites (tertiary alicyclic amines) is 1. The summed E-state index contributed by atoms with van der Waals surface area (Å²) >= 11 is 0. The van der Waals surface area contributed by atoms with Gasteiger partial charge in [0, 0.05) is 69.5 Å².